The number of aliphatic hydroxyl groups excluding tert-OH is 1. The van der Waals surface area contributed by atoms with E-state index in [2.05, 4.69) is 18.7 Å². The van der Waals surface area contributed by atoms with Crippen LogP contribution in [0.3, 0.4) is 0 Å². The van der Waals surface area contributed by atoms with Crippen molar-refractivity contribution in [1.82, 2.24) is 4.98 Å². The van der Waals surface area contributed by atoms with Crippen molar-refractivity contribution in [2.45, 2.75) is 72.5 Å². The lowest BCUT2D eigenvalue weighted by Crippen LogP contribution is -2.39. The number of halogens is 1. The molecule has 44 heavy (non-hydrogen) atoms. The summed E-state index contributed by atoms with van der Waals surface area (Å²) < 4.78 is 31.4. The number of anilines is 1. The number of aryl methyl sites for hydroxylation is 1. The molecule has 1 aliphatic heterocycles. The number of hydrogen-bond donors (Lipinski definition) is 2. The molecule has 1 saturated heterocycles. The number of hydrogen-bond acceptors (Lipinski definition) is 7. The van der Waals surface area contributed by atoms with Crippen molar-refractivity contribution in [2.75, 3.05) is 37.8 Å². The van der Waals surface area contributed by atoms with E-state index in [1.54, 1.807) is 19.1 Å². The highest BCUT2D eigenvalue weighted by Crippen LogP contribution is 2.47. The SMILES string of the molecule is Cc1nc(OCCO)c(-c2ccc(OCCc3ccc(F)cc3)cc2)c(N2CCC(C)(C)CC2)c1[C@H](OC(C)(C)C)C(=O)O. The number of carbonyl (C=O) groups is 1. The number of carboxylic acid groups (broad SMARTS) is 1. The number of rotatable bonds is 12. The highest BCUT2D eigenvalue weighted by Gasteiger charge is 2.37. The Balaban J connectivity index is 1.79. The normalized spacial score (nSPS) is 15.6. The topological polar surface area (TPSA) is 101 Å². The third-order valence-electron chi connectivity index (χ3n) is 7.80. The van der Waals surface area contributed by atoms with Gasteiger partial charge in [-0.05, 0) is 81.3 Å². The predicted octanol–water partition coefficient (Wildman–Crippen LogP) is 6.76. The van der Waals surface area contributed by atoms with E-state index in [-0.39, 0.29) is 24.4 Å². The van der Waals surface area contributed by atoms with Crippen molar-refractivity contribution < 1.29 is 33.6 Å². The van der Waals surface area contributed by atoms with Gasteiger partial charge in [0.1, 0.15) is 18.2 Å². The van der Waals surface area contributed by atoms with Crippen LogP contribution in [-0.4, -0.2) is 59.7 Å². The minimum atomic E-state index is -1.26. The number of aliphatic carboxylic acids is 1. The second-order valence-corrected chi connectivity index (χ2v) is 13.1. The molecule has 0 unspecified atom stereocenters. The van der Waals surface area contributed by atoms with Crippen LogP contribution in [0.25, 0.3) is 11.1 Å². The van der Waals surface area contributed by atoms with Gasteiger partial charge in [0.15, 0.2) is 6.10 Å². The van der Waals surface area contributed by atoms with Gasteiger partial charge in [0.2, 0.25) is 5.88 Å². The van der Waals surface area contributed by atoms with Crippen LogP contribution in [0.5, 0.6) is 11.6 Å². The molecule has 0 radical (unpaired) electrons. The van der Waals surface area contributed by atoms with E-state index >= 15 is 0 Å². The molecule has 0 saturated carbocycles. The van der Waals surface area contributed by atoms with Gasteiger partial charge in [0.25, 0.3) is 0 Å². The molecule has 9 heteroatoms. The van der Waals surface area contributed by atoms with Crippen LogP contribution < -0.4 is 14.4 Å². The summed E-state index contributed by atoms with van der Waals surface area (Å²) in [5.41, 5.74) is 3.57. The summed E-state index contributed by atoms with van der Waals surface area (Å²) in [5, 5.41) is 20.0. The van der Waals surface area contributed by atoms with E-state index in [4.69, 9.17) is 19.2 Å². The fourth-order valence-electron chi connectivity index (χ4n) is 5.40. The van der Waals surface area contributed by atoms with Crippen molar-refractivity contribution in [2.24, 2.45) is 5.41 Å². The standard InChI is InChI=1S/C35H45FN2O6/c1-23-28(31(33(40)41)44-34(2,3)4)30(38-18-16-35(5,6)17-19-38)29(32(37-23)43-22-20-39)25-9-13-27(14-10-25)42-21-15-24-7-11-26(36)12-8-24/h7-14,31,39H,15-22H2,1-6H3,(H,40,41)/t31-/m0/s1. The number of piperidine rings is 1. The van der Waals surface area contributed by atoms with Crippen LogP contribution in [0.15, 0.2) is 48.5 Å². The first-order valence-corrected chi connectivity index (χ1v) is 15.2. The quantitative estimate of drug-likeness (QED) is 0.233. The summed E-state index contributed by atoms with van der Waals surface area (Å²) in [6.45, 7) is 13.5. The molecule has 0 amide bonds. The molecule has 4 rings (SSSR count). The largest absolute Gasteiger partial charge is 0.493 e. The zero-order valence-electron chi connectivity index (χ0n) is 26.7. The van der Waals surface area contributed by atoms with Crippen LogP contribution in [0.4, 0.5) is 10.1 Å². The summed E-state index contributed by atoms with van der Waals surface area (Å²) in [6, 6.07) is 13.9. The molecule has 2 heterocycles. The average molecular weight is 609 g/mol. The maximum atomic E-state index is 13.2. The summed E-state index contributed by atoms with van der Waals surface area (Å²) in [5.74, 6) is -0.378. The lowest BCUT2D eigenvalue weighted by Gasteiger charge is -2.41. The molecule has 0 bridgehead atoms. The smallest absolute Gasteiger partial charge is 0.337 e. The number of pyridine rings is 1. The van der Waals surface area contributed by atoms with Gasteiger partial charge in [0.05, 0.1) is 30.1 Å². The second kappa shape index (κ2) is 13.9. The third kappa shape index (κ3) is 8.48. The second-order valence-electron chi connectivity index (χ2n) is 13.1. The zero-order valence-corrected chi connectivity index (χ0v) is 26.7. The van der Waals surface area contributed by atoms with Crippen LogP contribution in [0.2, 0.25) is 0 Å². The van der Waals surface area contributed by atoms with Crippen LogP contribution in [0, 0.1) is 18.2 Å². The Morgan fingerprint density at radius 1 is 1.02 bits per heavy atom. The van der Waals surface area contributed by atoms with Crippen molar-refractivity contribution in [3.05, 3.63) is 71.2 Å². The van der Waals surface area contributed by atoms with Gasteiger partial charge in [-0.25, -0.2) is 14.2 Å². The maximum absolute atomic E-state index is 13.2. The van der Waals surface area contributed by atoms with E-state index in [9.17, 15) is 19.4 Å². The van der Waals surface area contributed by atoms with Crippen molar-refractivity contribution in [3.63, 3.8) is 0 Å². The molecule has 0 aliphatic carbocycles. The Bertz CT molecular complexity index is 1410. The van der Waals surface area contributed by atoms with E-state index in [1.165, 1.54) is 12.1 Å². The molecule has 2 aromatic carbocycles. The minimum Gasteiger partial charge on any atom is -0.493 e. The number of carboxylic acids is 1. The summed E-state index contributed by atoms with van der Waals surface area (Å²) >= 11 is 0. The number of benzene rings is 2. The van der Waals surface area contributed by atoms with Gasteiger partial charge in [-0.1, -0.05) is 38.1 Å². The highest BCUT2D eigenvalue weighted by molar-refractivity contribution is 5.89. The summed E-state index contributed by atoms with van der Waals surface area (Å²) in [4.78, 5) is 19.7. The van der Waals surface area contributed by atoms with Crippen molar-refractivity contribution in [1.29, 1.82) is 0 Å². The predicted molar refractivity (Wildman–Crippen MR) is 169 cm³/mol. The van der Waals surface area contributed by atoms with Gasteiger partial charge in [-0.3, -0.25) is 0 Å². The Labute approximate surface area is 259 Å². The third-order valence-corrected chi connectivity index (χ3v) is 7.80. The fourth-order valence-corrected chi connectivity index (χ4v) is 5.40. The first-order valence-electron chi connectivity index (χ1n) is 15.2. The Morgan fingerprint density at radius 2 is 1.66 bits per heavy atom. The van der Waals surface area contributed by atoms with Crippen LogP contribution in [0.1, 0.15) is 70.4 Å². The fraction of sp³-hybridized carbons (Fsp3) is 0.486. The van der Waals surface area contributed by atoms with E-state index < -0.39 is 17.7 Å². The maximum Gasteiger partial charge on any atom is 0.337 e. The molecule has 0 spiro atoms. The molecule has 1 atom stereocenters. The van der Waals surface area contributed by atoms with Gasteiger partial charge >= 0.3 is 5.97 Å². The number of nitrogens with zero attached hydrogens (tertiary/aromatic N) is 2. The average Bonchev–Trinajstić information content (AvgIpc) is 2.96. The van der Waals surface area contributed by atoms with Crippen LogP contribution >= 0.6 is 0 Å². The molecule has 2 N–H and O–H groups in total. The van der Waals surface area contributed by atoms with E-state index in [1.807, 2.05) is 45.0 Å². The minimum absolute atomic E-state index is 0.0384. The Morgan fingerprint density at radius 3 is 2.23 bits per heavy atom. The van der Waals surface area contributed by atoms with Gasteiger partial charge in [-0.2, -0.15) is 0 Å². The van der Waals surface area contributed by atoms with Gasteiger partial charge in [-0.15, -0.1) is 0 Å². The van der Waals surface area contributed by atoms with Gasteiger partial charge < -0.3 is 29.3 Å². The molecule has 238 valence electrons. The Kier molecular flexibility index (Phi) is 10.5. The van der Waals surface area contributed by atoms with Gasteiger partial charge in [0, 0.05) is 30.8 Å². The number of aromatic nitrogens is 1. The first-order chi connectivity index (χ1) is 20.8. The molecular formula is C35H45FN2O6. The number of aliphatic hydroxyl groups is 1. The van der Waals surface area contributed by atoms with E-state index in [0.29, 0.717) is 41.5 Å². The summed E-state index contributed by atoms with van der Waals surface area (Å²) in [6.07, 6.45) is 1.23. The van der Waals surface area contributed by atoms with Crippen molar-refractivity contribution >= 4 is 11.7 Å². The number of ether oxygens (including phenoxy) is 3. The van der Waals surface area contributed by atoms with Crippen LogP contribution in [-0.2, 0) is 16.0 Å². The zero-order chi connectivity index (χ0) is 32.1. The molecule has 3 aromatic rings. The Hall–Kier alpha value is -3.69. The monoisotopic (exact) mass is 608 g/mol. The first kappa shape index (κ1) is 33.2. The summed E-state index contributed by atoms with van der Waals surface area (Å²) in [7, 11) is 0. The van der Waals surface area contributed by atoms with E-state index in [0.717, 1.165) is 42.7 Å². The highest BCUT2D eigenvalue weighted by atomic mass is 19.1. The molecule has 1 aromatic heterocycles. The lowest BCUT2D eigenvalue weighted by molar-refractivity contribution is -0.160. The molecule has 8 nitrogen and oxygen atoms in total. The molecule has 1 fully saturated rings. The molecular weight excluding hydrogens is 563 g/mol. The lowest BCUT2D eigenvalue weighted by atomic mass is 9.82. The molecule has 1 aliphatic rings. The van der Waals surface area contributed by atoms with Crippen molar-refractivity contribution in [3.8, 4) is 22.8 Å².